The van der Waals surface area contributed by atoms with Crippen LogP contribution in [0.3, 0.4) is 0 Å². The second kappa shape index (κ2) is 7.86. The van der Waals surface area contributed by atoms with E-state index in [1.165, 1.54) is 30.0 Å². The number of carbonyl (C=O) groups is 1. The van der Waals surface area contributed by atoms with Crippen molar-refractivity contribution in [3.8, 4) is 0 Å². The number of benzene rings is 1. The zero-order chi connectivity index (χ0) is 15.1. The van der Waals surface area contributed by atoms with Gasteiger partial charge in [-0.15, -0.1) is 11.8 Å². The van der Waals surface area contributed by atoms with Gasteiger partial charge in [-0.05, 0) is 25.2 Å². The number of carboxylic acid groups (broad SMARTS) is 1. The highest BCUT2D eigenvalue weighted by Crippen LogP contribution is 2.30. The first-order valence-corrected chi connectivity index (χ1v) is 7.35. The lowest BCUT2D eigenvalue weighted by Crippen LogP contribution is -2.25. The molecule has 1 rings (SSSR count). The second-order valence-corrected chi connectivity index (χ2v) is 5.26. The summed E-state index contributed by atoms with van der Waals surface area (Å²) in [5.74, 6) is -0.392. The first kappa shape index (κ1) is 16.5. The molecule has 0 bridgehead atoms. The molecule has 0 spiro atoms. The summed E-state index contributed by atoms with van der Waals surface area (Å²) in [7, 11) is 0. The van der Waals surface area contributed by atoms with Gasteiger partial charge >= 0.3 is 5.97 Å². The smallest absolute Gasteiger partial charge is 0.335 e. The van der Waals surface area contributed by atoms with Crippen molar-refractivity contribution < 1.29 is 14.8 Å². The lowest BCUT2D eigenvalue weighted by atomic mass is 10.2. The largest absolute Gasteiger partial charge is 0.478 e. The van der Waals surface area contributed by atoms with Gasteiger partial charge in [0.2, 0.25) is 0 Å². The number of carboxylic acids is 1. The van der Waals surface area contributed by atoms with E-state index in [2.05, 4.69) is 18.7 Å². The van der Waals surface area contributed by atoms with E-state index in [1.807, 2.05) is 0 Å². The quantitative estimate of drug-likeness (QED) is 0.451. The molecule has 0 aliphatic rings. The molecule has 6 nitrogen and oxygen atoms in total. The SMILES string of the molecule is CCN(CC)CCSc1cc(C(=O)O)ccc1[N+](=O)[O-]. The van der Waals surface area contributed by atoms with E-state index in [0.29, 0.717) is 10.6 Å². The van der Waals surface area contributed by atoms with Crippen LogP contribution in [0.1, 0.15) is 24.2 Å². The van der Waals surface area contributed by atoms with Gasteiger partial charge in [-0.2, -0.15) is 0 Å². The first-order chi connectivity index (χ1) is 9.49. The van der Waals surface area contributed by atoms with E-state index >= 15 is 0 Å². The third kappa shape index (κ3) is 4.50. The summed E-state index contributed by atoms with van der Waals surface area (Å²) in [6.07, 6.45) is 0. The highest BCUT2D eigenvalue weighted by molar-refractivity contribution is 7.99. The van der Waals surface area contributed by atoms with E-state index in [9.17, 15) is 14.9 Å². The Bertz CT molecular complexity index is 489. The molecular weight excluding hydrogens is 280 g/mol. The lowest BCUT2D eigenvalue weighted by molar-refractivity contribution is -0.387. The molecule has 0 amide bonds. The van der Waals surface area contributed by atoms with Crippen LogP contribution in [0.4, 0.5) is 5.69 Å². The average molecular weight is 298 g/mol. The molecule has 20 heavy (non-hydrogen) atoms. The molecule has 0 radical (unpaired) electrons. The summed E-state index contributed by atoms with van der Waals surface area (Å²) in [5.41, 5.74) is 0.0282. The Morgan fingerprint density at radius 1 is 1.40 bits per heavy atom. The molecule has 0 aliphatic carbocycles. The molecular formula is C13H18N2O4S. The summed E-state index contributed by atoms with van der Waals surface area (Å²) in [6, 6.07) is 3.88. The second-order valence-electron chi connectivity index (χ2n) is 4.12. The number of rotatable bonds is 8. The molecule has 0 atom stereocenters. The van der Waals surface area contributed by atoms with Gasteiger partial charge in [0.15, 0.2) is 0 Å². The first-order valence-electron chi connectivity index (χ1n) is 6.36. The summed E-state index contributed by atoms with van der Waals surface area (Å²) in [5, 5.41) is 19.9. The van der Waals surface area contributed by atoms with Crippen molar-refractivity contribution in [2.45, 2.75) is 18.7 Å². The van der Waals surface area contributed by atoms with E-state index in [0.717, 1.165) is 19.6 Å². The van der Waals surface area contributed by atoms with Crippen LogP contribution >= 0.6 is 11.8 Å². The molecule has 0 aliphatic heterocycles. The van der Waals surface area contributed by atoms with Gasteiger partial charge in [0.1, 0.15) is 0 Å². The number of nitro benzene ring substituents is 1. The van der Waals surface area contributed by atoms with E-state index in [4.69, 9.17) is 5.11 Å². The maximum absolute atomic E-state index is 10.9. The molecule has 0 saturated heterocycles. The fourth-order valence-corrected chi connectivity index (χ4v) is 2.81. The van der Waals surface area contributed by atoms with Gasteiger partial charge in [-0.1, -0.05) is 13.8 Å². The molecule has 0 aromatic heterocycles. The monoisotopic (exact) mass is 298 g/mol. The van der Waals surface area contributed by atoms with E-state index in [1.54, 1.807) is 0 Å². The molecule has 1 aromatic rings. The normalized spacial score (nSPS) is 10.8. The van der Waals surface area contributed by atoms with Crippen LogP contribution in [0.15, 0.2) is 23.1 Å². The van der Waals surface area contributed by atoms with Crippen LogP contribution in [0.25, 0.3) is 0 Å². The van der Waals surface area contributed by atoms with E-state index < -0.39 is 10.9 Å². The van der Waals surface area contributed by atoms with Gasteiger partial charge in [-0.25, -0.2) is 4.79 Å². The van der Waals surface area contributed by atoms with Gasteiger partial charge in [0, 0.05) is 18.4 Å². The number of nitro groups is 1. The molecule has 0 unspecified atom stereocenters. The fourth-order valence-electron chi connectivity index (χ4n) is 1.74. The van der Waals surface area contributed by atoms with Crippen LogP contribution in [0, 0.1) is 10.1 Å². The van der Waals surface area contributed by atoms with Crippen LogP contribution < -0.4 is 0 Å². The van der Waals surface area contributed by atoms with Gasteiger partial charge in [0.25, 0.3) is 5.69 Å². The van der Waals surface area contributed by atoms with Gasteiger partial charge in [0.05, 0.1) is 15.4 Å². The molecule has 1 N–H and O–H groups in total. The Morgan fingerprint density at radius 2 is 2.05 bits per heavy atom. The highest BCUT2D eigenvalue weighted by atomic mass is 32.2. The Kier molecular flexibility index (Phi) is 6.47. The third-order valence-electron chi connectivity index (χ3n) is 2.96. The maximum atomic E-state index is 10.9. The molecule has 0 heterocycles. The van der Waals surface area contributed by atoms with Gasteiger partial charge < -0.3 is 10.0 Å². The van der Waals surface area contributed by atoms with Crippen LogP contribution in [0.5, 0.6) is 0 Å². The fraction of sp³-hybridized carbons (Fsp3) is 0.462. The number of nitrogens with zero attached hydrogens (tertiary/aromatic N) is 2. The average Bonchev–Trinajstić information content (AvgIpc) is 2.43. The van der Waals surface area contributed by atoms with Gasteiger partial charge in [-0.3, -0.25) is 10.1 Å². The molecule has 1 aromatic carbocycles. The number of thioether (sulfide) groups is 1. The lowest BCUT2D eigenvalue weighted by Gasteiger charge is -2.17. The minimum Gasteiger partial charge on any atom is -0.478 e. The zero-order valence-electron chi connectivity index (χ0n) is 11.5. The van der Waals surface area contributed by atoms with Crippen LogP contribution in [0.2, 0.25) is 0 Å². The van der Waals surface area contributed by atoms with Crippen molar-refractivity contribution in [1.82, 2.24) is 4.90 Å². The highest BCUT2D eigenvalue weighted by Gasteiger charge is 2.17. The Morgan fingerprint density at radius 3 is 2.55 bits per heavy atom. The summed E-state index contributed by atoms with van der Waals surface area (Å²) in [4.78, 5) is 24.0. The van der Waals surface area contributed by atoms with Crippen molar-refractivity contribution in [3.05, 3.63) is 33.9 Å². The molecule has 0 fully saturated rings. The van der Waals surface area contributed by atoms with Crippen molar-refractivity contribution in [2.24, 2.45) is 0 Å². The van der Waals surface area contributed by atoms with Crippen molar-refractivity contribution in [2.75, 3.05) is 25.4 Å². The summed E-state index contributed by atoms with van der Waals surface area (Å²) < 4.78 is 0. The van der Waals surface area contributed by atoms with Crippen molar-refractivity contribution in [3.63, 3.8) is 0 Å². The topological polar surface area (TPSA) is 83.7 Å². The van der Waals surface area contributed by atoms with Crippen LogP contribution in [-0.2, 0) is 0 Å². The maximum Gasteiger partial charge on any atom is 0.335 e. The molecule has 110 valence electrons. The summed E-state index contributed by atoms with van der Waals surface area (Å²) in [6.45, 7) is 6.78. The molecule has 0 saturated carbocycles. The third-order valence-corrected chi connectivity index (χ3v) is 3.99. The minimum absolute atomic E-state index is 0.0421. The summed E-state index contributed by atoms with van der Waals surface area (Å²) >= 11 is 1.32. The van der Waals surface area contributed by atoms with Crippen molar-refractivity contribution >= 4 is 23.4 Å². The Hall–Kier alpha value is -1.60. The predicted octanol–water partition coefficient (Wildman–Crippen LogP) is 2.73. The number of aromatic carboxylic acids is 1. The Labute approximate surface area is 121 Å². The standard InChI is InChI=1S/C13H18N2O4S/c1-3-14(4-2)7-8-20-12-9-10(13(16)17)5-6-11(12)15(18)19/h5-6,9H,3-4,7-8H2,1-2H3,(H,16,17). The Balaban J connectivity index is 2.82. The zero-order valence-corrected chi connectivity index (χ0v) is 12.4. The minimum atomic E-state index is -1.08. The van der Waals surface area contributed by atoms with Crippen LogP contribution in [-0.4, -0.2) is 46.3 Å². The van der Waals surface area contributed by atoms with Crippen molar-refractivity contribution in [1.29, 1.82) is 0 Å². The number of hydrogen-bond donors (Lipinski definition) is 1. The molecule has 7 heteroatoms. The predicted molar refractivity (Wildman–Crippen MR) is 78.6 cm³/mol. The number of hydrogen-bond acceptors (Lipinski definition) is 5. The van der Waals surface area contributed by atoms with E-state index in [-0.39, 0.29) is 11.3 Å².